The molecular weight excluding hydrogens is 517 g/mol. The summed E-state index contributed by atoms with van der Waals surface area (Å²) in [5.74, 6) is -1.33. The zero-order valence-corrected chi connectivity index (χ0v) is 20.1. The van der Waals surface area contributed by atoms with Crippen molar-refractivity contribution in [3.63, 3.8) is 0 Å². The number of amides is 4. The number of barbiturate groups is 1. The quantitative estimate of drug-likeness (QED) is 0.291. The molecule has 1 fully saturated rings. The monoisotopic (exact) mass is 539 g/mol. The Bertz CT molecular complexity index is 1250. The van der Waals surface area contributed by atoms with E-state index < -0.39 is 17.8 Å². The smallest absolute Gasteiger partial charge is 0.318 e. The Morgan fingerprint density at radius 3 is 2.19 bits per heavy atom. The first-order valence-corrected chi connectivity index (χ1v) is 11.3. The molecule has 7 heteroatoms. The van der Waals surface area contributed by atoms with E-state index >= 15 is 0 Å². The van der Waals surface area contributed by atoms with Crippen molar-refractivity contribution in [2.75, 3.05) is 4.90 Å². The minimum absolute atomic E-state index is 0.0768. The van der Waals surface area contributed by atoms with Crippen LogP contribution in [-0.2, 0) is 16.0 Å². The fourth-order valence-corrected chi connectivity index (χ4v) is 4.21. The van der Waals surface area contributed by atoms with Gasteiger partial charge in [0.2, 0.25) is 0 Å². The molecule has 0 aliphatic carbocycles. The van der Waals surface area contributed by atoms with Gasteiger partial charge < -0.3 is 4.57 Å². The number of rotatable bonds is 4. The predicted octanol–water partition coefficient (Wildman–Crippen LogP) is 4.93. The fraction of sp³-hybridized carbons (Fsp3) is 0.160. The number of carbonyl (C=O) groups is 3. The Balaban J connectivity index is 1.73. The van der Waals surface area contributed by atoms with Crippen molar-refractivity contribution in [3.8, 4) is 5.69 Å². The molecule has 0 radical (unpaired) electrons. The van der Waals surface area contributed by atoms with Gasteiger partial charge in [0.1, 0.15) is 5.57 Å². The zero-order valence-electron chi connectivity index (χ0n) is 18.0. The Kier molecular flexibility index (Phi) is 6.01. The number of nitrogens with zero attached hydrogens (tertiary/aromatic N) is 2. The van der Waals surface area contributed by atoms with Crippen molar-refractivity contribution in [2.24, 2.45) is 0 Å². The van der Waals surface area contributed by atoms with E-state index in [1.54, 1.807) is 18.2 Å². The van der Waals surface area contributed by atoms with Gasteiger partial charge in [-0.15, -0.1) is 0 Å². The molecule has 0 saturated carbocycles. The first kappa shape index (κ1) is 22.0. The number of imide groups is 2. The van der Waals surface area contributed by atoms with Crippen molar-refractivity contribution in [1.29, 1.82) is 0 Å². The van der Waals surface area contributed by atoms with Crippen LogP contribution >= 0.6 is 22.6 Å². The molecule has 1 aromatic heterocycles. The lowest BCUT2D eigenvalue weighted by molar-refractivity contribution is -0.122. The minimum atomic E-state index is -0.745. The molecule has 0 atom stereocenters. The number of benzene rings is 2. The zero-order chi connectivity index (χ0) is 23.0. The normalized spacial score (nSPS) is 15.4. The van der Waals surface area contributed by atoms with Gasteiger partial charge in [0.25, 0.3) is 11.8 Å². The summed E-state index contributed by atoms with van der Waals surface area (Å²) in [6.45, 7) is 5.94. The van der Waals surface area contributed by atoms with Gasteiger partial charge >= 0.3 is 6.03 Å². The van der Waals surface area contributed by atoms with E-state index in [-0.39, 0.29) is 5.57 Å². The van der Waals surface area contributed by atoms with Crippen LogP contribution in [0.5, 0.6) is 0 Å². The molecule has 1 N–H and O–H groups in total. The highest BCUT2D eigenvalue weighted by Gasteiger charge is 2.37. The van der Waals surface area contributed by atoms with Gasteiger partial charge in [0.05, 0.1) is 5.69 Å². The summed E-state index contributed by atoms with van der Waals surface area (Å²) in [7, 11) is 0. The maximum absolute atomic E-state index is 13.2. The van der Waals surface area contributed by atoms with Crippen LogP contribution < -0.4 is 10.2 Å². The van der Waals surface area contributed by atoms with Crippen molar-refractivity contribution >= 4 is 52.2 Å². The number of hydrogen-bond acceptors (Lipinski definition) is 3. The highest BCUT2D eigenvalue weighted by Crippen LogP contribution is 2.26. The van der Waals surface area contributed by atoms with E-state index in [4.69, 9.17) is 0 Å². The van der Waals surface area contributed by atoms with Gasteiger partial charge in [-0.05, 0) is 103 Å². The molecule has 4 rings (SSSR count). The van der Waals surface area contributed by atoms with Gasteiger partial charge in [-0.1, -0.05) is 19.1 Å². The molecule has 2 aromatic carbocycles. The highest BCUT2D eigenvalue weighted by molar-refractivity contribution is 14.1. The van der Waals surface area contributed by atoms with Gasteiger partial charge in [-0.3, -0.25) is 14.9 Å². The Hall–Kier alpha value is -3.20. The number of aryl methyl sites for hydroxylation is 2. The molecule has 32 heavy (non-hydrogen) atoms. The van der Waals surface area contributed by atoms with Crippen LogP contribution in [0.4, 0.5) is 10.5 Å². The maximum Gasteiger partial charge on any atom is 0.335 e. The van der Waals surface area contributed by atoms with Crippen LogP contribution in [0, 0.1) is 17.4 Å². The molecule has 3 aromatic rings. The first-order valence-electron chi connectivity index (χ1n) is 10.3. The van der Waals surface area contributed by atoms with Gasteiger partial charge in [-0.25, -0.2) is 9.69 Å². The number of urea groups is 1. The average Bonchev–Trinajstić information content (AvgIpc) is 3.05. The standard InChI is InChI=1S/C25H22IN3O3/c1-4-17-5-9-21(10-6-17)29-24(31)22(23(30)27-25(29)32)14-18-13-15(2)28(16(18)3)20-11-7-19(26)8-12-20/h5-14H,4H2,1-3H3,(H,27,30,32)/b22-14+. The number of nitrogens with one attached hydrogen (secondary N) is 1. The summed E-state index contributed by atoms with van der Waals surface area (Å²) in [4.78, 5) is 39.2. The van der Waals surface area contributed by atoms with E-state index in [0.717, 1.165) is 43.1 Å². The number of aromatic nitrogens is 1. The SMILES string of the molecule is CCc1ccc(N2C(=O)NC(=O)/C(=C\c3cc(C)n(-c4ccc(I)cc4)c3C)C2=O)cc1. The summed E-state index contributed by atoms with van der Waals surface area (Å²) >= 11 is 2.26. The lowest BCUT2D eigenvalue weighted by Gasteiger charge is -2.26. The van der Waals surface area contributed by atoms with Crippen LogP contribution in [0.3, 0.4) is 0 Å². The Morgan fingerprint density at radius 1 is 0.938 bits per heavy atom. The van der Waals surface area contributed by atoms with Gasteiger partial charge in [0, 0.05) is 20.6 Å². The van der Waals surface area contributed by atoms with E-state index in [9.17, 15) is 14.4 Å². The van der Waals surface area contributed by atoms with Crippen LogP contribution in [0.1, 0.15) is 29.4 Å². The molecule has 0 spiro atoms. The third kappa shape index (κ3) is 4.00. The largest absolute Gasteiger partial charge is 0.335 e. The number of anilines is 1. The van der Waals surface area contributed by atoms with Crippen LogP contribution in [0.25, 0.3) is 11.8 Å². The minimum Gasteiger partial charge on any atom is -0.318 e. The predicted molar refractivity (Wildman–Crippen MR) is 133 cm³/mol. The summed E-state index contributed by atoms with van der Waals surface area (Å²) in [5.41, 5.74) is 5.05. The van der Waals surface area contributed by atoms with Crippen molar-refractivity contribution in [2.45, 2.75) is 27.2 Å². The molecule has 0 bridgehead atoms. The van der Waals surface area contributed by atoms with Crippen molar-refractivity contribution < 1.29 is 14.4 Å². The van der Waals surface area contributed by atoms with E-state index in [0.29, 0.717) is 5.69 Å². The number of carbonyl (C=O) groups excluding carboxylic acids is 3. The molecule has 2 heterocycles. The third-order valence-corrected chi connectivity index (χ3v) is 6.28. The van der Waals surface area contributed by atoms with Gasteiger partial charge in [0.15, 0.2) is 0 Å². The summed E-state index contributed by atoms with van der Waals surface area (Å²) in [6.07, 6.45) is 2.41. The number of halogens is 1. The molecular formula is C25H22IN3O3. The third-order valence-electron chi connectivity index (χ3n) is 5.56. The average molecular weight is 539 g/mol. The molecule has 1 aliphatic heterocycles. The van der Waals surface area contributed by atoms with Crippen molar-refractivity contribution in [3.05, 3.63) is 86.3 Å². The van der Waals surface area contributed by atoms with Crippen LogP contribution in [0.2, 0.25) is 0 Å². The van der Waals surface area contributed by atoms with E-state index in [1.807, 2.05) is 63.2 Å². The molecule has 1 saturated heterocycles. The fourth-order valence-electron chi connectivity index (χ4n) is 3.85. The summed E-state index contributed by atoms with van der Waals surface area (Å²) in [6, 6.07) is 16.4. The second-order valence-corrected chi connectivity index (χ2v) is 8.86. The van der Waals surface area contributed by atoms with Crippen LogP contribution in [0.15, 0.2) is 60.2 Å². The lowest BCUT2D eigenvalue weighted by atomic mass is 10.1. The lowest BCUT2D eigenvalue weighted by Crippen LogP contribution is -2.54. The van der Waals surface area contributed by atoms with Crippen LogP contribution in [-0.4, -0.2) is 22.4 Å². The Labute approximate surface area is 200 Å². The topological polar surface area (TPSA) is 71.4 Å². The molecule has 4 amide bonds. The first-order chi connectivity index (χ1) is 15.3. The number of hydrogen-bond donors (Lipinski definition) is 1. The Morgan fingerprint density at radius 2 is 1.56 bits per heavy atom. The van der Waals surface area contributed by atoms with Gasteiger partial charge in [-0.2, -0.15) is 0 Å². The summed E-state index contributed by atoms with van der Waals surface area (Å²) in [5, 5.41) is 2.29. The molecule has 1 aliphatic rings. The van der Waals surface area contributed by atoms with Crippen molar-refractivity contribution in [1.82, 2.24) is 9.88 Å². The highest BCUT2D eigenvalue weighted by atomic mass is 127. The second-order valence-electron chi connectivity index (χ2n) is 7.62. The molecule has 162 valence electrons. The van der Waals surface area contributed by atoms with E-state index in [1.165, 1.54) is 0 Å². The molecule has 6 nitrogen and oxygen atoms in total. The van der Waals surface area contributed by atoms with E-state index in [2.05, 4.69) is 32.5 Å². The summed E-state index contributed by atoms with van der Waals surface area (Å²) < 4.78 is 3.21. The maximum atomic E-state index is 13.2. The second kappa shape index (κ2) is 8.74. The molecule has 0 unspecified atom stereocenters.